The monoisotopic (exact) mass is 739 g/mol. The van der Waals surface area contributed by atoms with Gasteiger partial charge in [-0.2, -0.15) is 0 Å². The fraction of sp³-hybridized carbons (Fsp3) is 0.286. The molecule has 0 aliphatic heterocycles. The molecule has 7 aromatic rings. The van der Waals surface area contributed by atoms with Crippen LogP contribution in [0, 0.1) is 11.8 Å². The molecule has 1 heteroatoms. The van der Waals surface area contributed by atoms with E-state index >= 15 is 0 Å². The van der Waals surface area contributed by atoms with Crippen LogP contribution < -0.4 is 4.90 Å². The van der Waals surface area contributed by atoms with Crippen LogP contribution in [0.25, 0.3) is 44.2 Å². The maximum Gasteiger partial charge on any atom is 0.0542 e. The molecule has 0 radical (unpaired) electrons. The Hall–Kier alpha value is -5.40. The van der Waals surface area contributed by atoms with Crippen LogP contribution in [0.15, 0.2) is 152 Å². The van der Waals surface area contributed by atoms with Crippen LogP contribution in [0.2, 0.25) is 0 Å². The lowest BCUT2D eigenvalue weighted by Crippen LogP contribution is -2.17. The first kappa shape index (κ1) is 34.8. The van der Waals surface area contributed by atoms with Crippen LogP contribution >= 0.6 is 0 Å². The summed E-state index contributed by atoms with van der Waals surface area (Å²) >= 11 is 0. The molecule has 57 heavy (non-hydrogen) atoms. The second kappa shape index (κ2) is 13.9. The minimum absolute atomic E-state index is 0.149. The van der Waals surface area contributed by atoms with E-state index in [2.05, 4.69) is 170 Å². The summed E-state index contributed by atoms with van der Waals surface area (Å²) in [6, 6.07) is 58.1. The van der Waals surface area contributed by atoms with Gasteiger partial charge in [-0.25, -0.2) is 0 Å². The lowest BCUT2D eigenvalue weighted by atomic mass is 9.81. The second-order valence-corrected chi connectivity index (χ2v) is 18.3. The van der Waals surface area contributed by atoms with E-state index in [1.165, 1.54) is 136 Å². The summed E-state index contributed by atoms with van der Waals surface area (Å²) < 4.78 is 0. The molecule has 3 unspecified atom stereocenters. The molecule has 3 fully saturated rings. The average Bonchev–Trinajstić information content (AvgIpc) is 3.97. The van der Waals surface area contributed by atoms with Gasteiger partial charge in [0.2, 0.25) is 0 Å². The number of hydrogen-bond acceptors (Lipinski definition) is 1. The fourth-order valence-corrected chi connectivity index (χ4v) is 11.8. The molecule has 3 atom stereocenters. The summed E-state index contributed by atoms with van der Waals surface area (Å²) in [5.74, 6) is 3.17. The Bertz CT molecular complexity index is 2580. The van der Waals surface area contributed by atoms with Crippen LogP contribution in [-0.4, -0.2) is 0 Å². The Balaban J connectivity index is 1.01. The Morgan fingerprint density at radius 1 is 0.509 bits per heavy atom. The normalized spacial score (nSPS) is 20.8. The Morgan fingerprint density at radius 3 is 1.88 bits per heavy atom. The van der Waals surface area contributed by atoms with Crippen LogP contribution in [0.5, 0.6) is 0 Å². The third-order valence-corrected chi connectivity index (χ3v) is 14.8. The van der Waals surface area contributed by atoms with Crippen molar-refractivity contribution in [2.24, 2.45) is 11.8 Å². The molecular weight excluding hydrogens is 687 g/mol. The van der Waals surface area contributed by atoms with Crippen molar-refractivity contribution in [2.75, 3.05) is 4.90 Å². The van der Waals surface area contributed by atoms with E-state index in [9.17, 15) is 0 Å². The van der Waals surface area contributed by atoms with Crippen molar-refractivity contribution in [3.63, 3.8) is 0 Å². The van der Waals surface area contributed by atoms with E-state index in [-0.39, 0.29) is 5.41 Å². The highest BCUT2D eigenvalue weighted by Gasteiger charge is 2.40. The van der Waals surface area contributed by atoms with Gasteiger partial charge in [0, 0.05) is 22.2 Å². The smallest absolute Gasteiger partial charge is 0.0542 e. The van der Waals surface area contributed by atoms with E-state index in [4.69, 9.17) is 0 Å². The molecule has 0 spiro atoms. The lowest BCUT2D eigenvalue weighted by molar-refractivity contribution is 0.420. The quantitative estimate of drug-likeness (QED) is 0.157. The molecule has 0 heterocycles. The molecule has 282 valence electrons. The first-order chi connectivity index (χ1) is 28.0. The molecule has 0 amide bonds. The van der Waals surface area contributed by atoms with Crippen molar-refractivity contribution in [1.29, 1.82) is 0 Å². The summed E-state index contributed by atoms with van der Waals surface area (Å²) in [6.45, 7) is 4.86. The zero-order valence-electron chi connectivity index (χ0n) is 33.6. The number of rotatable bonds is 7. The van der Waals surface area contributed by atoms with Crippen molar-refractivity contribution >= 4 is 27.8 Å². The molecule has 0 saturated heterocycles. The summed E-state index contributed by atoms with van der Waals surface area (Å²) in [7, 11) is 0. The highest BCUT2D eigenvalue weighted by atomic mass is 15.1. The van der Waals surface area contributed by atoms with Gasteiger partial charge in [-0.05, 0) is 153 Å². The lowest BCUT2D eigenvalue weighted by Gasteiger charge is -2.31. The van der Waals surface area contributed by atoms with Gasteiger partial charge in [-0.1, -0.05) is 155 Å². The maximum absolute atomic E-state index is 2.60. The molecule has 0 N–H and O–H groups in total. The summed E-state index contributed by atoms with van der Waals surface area (Å²) in [5.41, 5.74) is 17.3. The van der Waals surface area contributed by atoms with Gasteiger partial charge in [0.15, 0.2) is 0 Å². The van der Waals surface area contributed by atoms with Gasteiger partial charge in [0.1, 0.15) is 0 Å². The van der Waals surface area contributed by atoms with Gasteiger partial charge < -0.3 is 4.90 Å². The van der Waals surface area contributed by atoms with Crippen LogP contribution in [0.4, 0.5) is 17.1 Å². The van der Waals surface area contributed by atoms with E-state index in [1.807, 2.05) is 0 Å². The topological polar surface area (TPSA) is 3.24 Å². The summed E-state index contributed by atoms with van der Waals surface area (Å²) in [5, 5.41) is 2.77. The minimum atomic E-state index is -0.149. The van der Waals surface area contributed by atoms with Crippen molar-refractivity contribution in [3.8, 4) is 33.4 Å². The number of anilines is 3. The van der Waals surface area contributed by atoms with Crippen molar-refractivity contribution in [1.82, 2.24) is 0 Å². The minimum Gasteiger partial charge on any atom is -0.310 e. The zero-order valence-corrected chi connectivity index (χ0v) is 33.6. The first-order valence-electron chi connectivity index (χ1n) is 21.9. The number of nitrogens with zero attached hydrogens (tertiary/aromatic N) is 1. The van der Waals surface area contributed by atoms with E-state index < -0.39 is 0 Å². The van der Waals surface area contributed by atoms with E-state index in [0.717, 1.165) is 17.8 Å². The van der Waals surface area contributed by atoms with Gasteiger partial charge >= 0.3 is 0 Å². The molecule has 7 aromatic carbocycles. The third kappa shape index (κ3) is 5.96. The van der Waals surface area contributed by atoms with Crippen molar-refractivity contribution in [3.05, 3.63) is 174 Å². The first-order valence-corrected chi connectivity index (χ1v) is 21.9. The fourth-order valence-electron chi connectivity index (χ4n) is 11.8. The maximum atomic E-state index is 2.60. The highest BCUT2D eigenvalue weighted by molar-refractivity contribution is 6.02. The number of fused-ring (bicyclic) bond motifs is 6. The van der Waals surface area contributed by atoms with Crippen LogP contribution in [-0.2, 0) is 5.41 Å². The van der Waals surface area contributed by atoms with Crippen molar-refractivity contribution in [2.45, 2.75) is 88.9 Å². The number of benzene rings is 7. The third-order valence-electron chi connectivity index (χ3n) is 14.8. The average molecular weight is 740 g/mol. The van der Waals surface area contributed by atoms with Gasteiger partial charge in [-0.3, -0.25) is 0 Å². The van der Waals surface area contributed by atoms with E-state index in [0.29, 0.717) is 5.92 Å². The Morgan fingerprint density at radius 2 is 1.16 bits per heavy atom. The molecule has 1 nitrogen and oxygen atoms in total. The van der Waals surface area contributed by atoms with Crippen LogP contribution in [0.1, 0.15) is 106 Å². The molecule has 2 bridgehead atoms. The summed E-state index contributed by atoms with van der Waals surface area (Å²) in [4.78, 5) is 2.60. The van der Waals surface area contributed by atoms with Crippen LogP contribution in [0.3, 0.4) is 0 Å². The Labute approximate surface area is 339 Å². The molecule has 4 aliphatic rings. The molecular formula is C56H53N. The Kier molecular flexibility index (Phi) is 8.50. The standard InChI is InChI=1S/C56H53N/c1-56(2)52-35-44(40-23-21-39(22-24-40)38-11-5-3-6-12-38)27-31-49(52)50-32-30-47(36-53(50)56)57(46-28-25-42(26-29-46)51-34-37-19-20-45(51)33-37)54-18-10-16-43-15-9-17-48(55(43)54)41-13-7-4-8-14-41/h3,5-6,9-12,15-18,21-32,35-37,41,45,51H,4,7-8,13-14,19-20,33-34H2,1-2H3. The SMILES string of the molecule is CC1(C)c2cc(-c3ccc(-c4ccccc4)cc3)ccc2-c2ccc(N(c3ccc(C4CC5CCC4C5)cc3)c3cccc4cccc(C5CCCCC5)c34)cc21. The van der Waals surface area contributed by atoms with Gasteiger partial charge in [0.25, 0.3) is 0 Å². The summed E-state index contributed by atoms with van der Waals surface area (Å²) in [6.07, 6.45) is 12.3. The van der Waals surface area contributed by atoms with Gasteiger partial charge in [0.05, 0.1) is 5.69 Å². The predicted octanol–water partition coefficient (Wildman–Crippen LogP) is 15.9. The van der Waals surface area contributed by atoms with E-state index in [1.54, 1.807) is 5.56 Å². The molecule has 4 aliphatic carbocycles. The predicted molar refractivity (Wildman–Crippen MR) is 241 cm³/mol. The molecule has 3 saturated carbocycles. The molecule has 11 rings (SSSR count). The number of hydrogen-bond donors (Lipinski definition) is 0. The molecule has 0 aromatic heterocycles. The zero-order chi connectivity index (χ0) is 38.1. The second-order valence-electron chi connectivity index (χ2n) is 18.3. The van der Waals surface area contributed by atoms with Gasteiger partial charge in [-0.15, -0.1) is 0 Å². The van der Waals surface area contributed by atoms with Crippen molar-refractivity contribution < 1.29 is 0 Å². The largest absolute Gasteiger partial charge is 0.310 e. The highest BCUT2D eigenvalue weighted by Crippen LogP contribution is 2.55.